The maximum Gasteiger partial charge on any atom is 0.0713 e. The van der Waals surface area contributed by atoms with Crippen molar-refractivity contribution >= 4 is 27.8 Å². The lowest BCUT2D eigenvalue weighted by molar-refractivity contribution is 0.445. The molecule has 66 heavy (non-hydrogen) atoms. The second kappa shape index (κ2) is 17.0. The predicted octanol–water partition coefficient (Wildman–Crippen LogP) is 17.7. The van der Waals surface area contributed by atoms with Gasteiger partial charge in [0.05, 0.1) is 16.8 Å². The molecule has 1 saturated carbocycles. The van der Waals surface area contributed by atoms with E-state index in [9.17, 15) is 0 Å². The molecule has 12 rings (SSSR count). The summed E-state index contributed by atoms with van der Waals surface area (Å²) < 4.78 is 0. The molecule has 0 atom stereocenters. The highest BCUT2D eigenvalue weighted by molar-refractivity contribution is 6.04. The van der Waals surface area contributed by atoms with Crippen LogP contribution in [-0.4, -0.2) is 0 Å². The summed E-state index contributed by atoms with van der Waals surface area (Å²) in [4.78, 5) is 2.50. The fourth-order valence-electron chi connectivity index (χ4n) is 11.6. The Labute approximate surface area is 389 Å². The smallest absolute Gasteiger partial charge is 0.0713 e. The Hall–Kier alpha value is -7.74. The lowest BCUT2D eigenvalue weighted by atomic mass is 9.67. The Balaban J connectivity index is 1.03. The Morgan fingerprint density at radius 3 is 1.58 bits per heavy atom. The number of nitrogens with zero attached hydrogens (tertiary/aromatic N) is 1. The zero-order valence-corrected chi connectivity index (χ0v) is 37.2. The van der Waals surface area contributed by atoms with Gasteiger partial charge in [-0.15, -0.1) is 0 Å². The number of para-hydroxylation sites is 2. The van der Waals surface area contributed by atoms with Crippen LogP contribution < -0.4 is 4.90 Å². The summed E-state index contributed by atoms with van der Waals surface area (Å²) in [5.41, 5.74) is 19.5. The molecule has 2 aliphatic rings. The number of benzene rings is 10. The quantitative estimate of drug-likeness (QED) is 0.140. The van der Waals surface area contributed by atoms with Crippen molar-refractivity contribution in [1.29, 1.82) is 0 Å². The van der Waals surface area contributed by atoms with Crippen LogP contribution in [0.4, 0.5) is 17.1 Å². The predicted molar refractivity (Wildman–Crippen MR) is 278 cm³/mol. The SMILES string of the molecule is c1ccc(-c2ccccc2N(c2ccc(-c3ccc4c(c3)C(c3ccccc3)(c3ccccc3)c3ccccc3-4)cc2)c2ccccc2-c2cccc3cccc(C4CCCCC4)c23)cc1. The third-order valence-electron chi connectivity index (χ3n) is 14.6. The summed E-state index contributed by atoms with van der Waals surface area (Å²) in [5, 5.41) is 2.71. The van der Waals surface area contributed by atoms with Crippen molar-refractivity contribution < 1.29 is 0 Å². The Morgan fingerprint density at radius 2 is 0.879 bits per heavy atom. The van der Waals surface area contributed by atoms with Gasteiger partial charge in [0.15, 0.2) is 0 Å². The molecule has 2 aliphatic carbocycles. The first-order valence-corrected chi connectivity index (χ1v) is 23.8. The zero-order valence-electron chi connectivity index (χ0n) is 37.2. The Kier molecular flexibility index (Phi) is 10.3. The summed E-state index contributed by atoms with van der Waals surface area (Å²) in [6, 6.07) is 90.3. The van der Waals surface area contributed by atoms with E-state index in [1.165, 1.54) is 115 Å². The summed E-state index contributed by atoms with van der Waals surface area (Å²) in [6.07, 6.45) is 6.47. The molecule has 10 aromatic rings. The molecule has 0 radical (unpaired) electrons. The minimum Gasteiger partial charge on any atom is -0.309 e. The Morgan fingerprint density at radius 1 is 0.348 bits per heavy atom. The first-order valence-electron chi connectivity index (χ1n) is 23.8. The molecule has 0 spiro atoms. The standard InChI is InChI=1S/C65H51N/c1-5-21-47(22-6-1)54-31-14-17-37-62(54)66(63-38-18-15-33-58(63)59-35-20-26-49-25-19-34-55(64(49)59)48-23-7-2-8-24-48)53-42-39-46(40-43-53)50-41-44-57-56-32-13-16-36-60(56)65(61(57)45-50,51-27-9-3-10-28-51)52-29-11-4-12-30-52/h1,3-6,9-22,25-45,48H,2,7-8,23-24H2. The van der Waals surface area contributed by atoms with E-state index in [2.05, 4.69) is 248 Å². The molecular weight excluding hydrogens is 795 g/mol. The van der Waals surface area contributed by atoms with Crippen LogP contribution in [0.15, 0.2) is 243 Å². The van der Waals surface area contributed by atoms with Crippen LogP contribution >= 0.6 is 0 Å². The van der Waals surface area contributed by atoms with E-state index in [0.717, 1.165) is 17.1 Å². The van der Waals surface area contributed by atoms with Crippen molar-refractivity contribution in [2.75, 3.05) is 4.90 Å². The van der Waals surface area contributed by atoms with Crippen LogP contribution in [0, 0.1) is 0 Å². The van der Waals surface area contributed by atoms with Gasteiger partial charge >= 0.3 is 0 Å². The molecule has 1 heteroatoms. The zero-order chi connectivity index (χ0) is 43.9. The average Bonchev–Trinajstić information content (AvgIpc) is 3.70. The molecular formula is C65H51N. The van der Waals surface area contributed by atoms with E-state index in [1.807, 2.05) is 0 Å². The van der Waals surface area contributed by atoms with Gasteiger partial charge in [0.2, 0.25) is 0 Å². The van der Waals surface area contributed by atoms with Crippen LogP contribution in [-0.2, 0) is 5.41 Å². The van der Waals surface area contributed by atoms with E-state index < -0.39 is 5.41 Å². The van der Waals surface area contributed by atoms with Crippen molar-refractivity contribution in [3.8, 4) is 44.5 Å². The molecule has 0 unspecified atom stereocenters. The minimum absolute atomic E-state index is 0.454. The van der Waals surface area contributed by atoms with E-state index in [-0.39, 0.29) is 0 Å². The minimum atomic E-state index is -0.454. The van der Waals surface area contributed by atoms with Gasteiger partial charge in [-0.3, -0.25) is 0 Å². The van der Waals surface area contributed by atoms with Crippen molar-refractivity contribution in [3.63, 3.8) is 0 Å². The highest BCUT2D eigenvalue weighted by atomic mass is 15.1. The van der Waals surface area contributed by atoms with Crippen molar-refractivity contribution in [2.45, 2.75) is 43.4 Å². The number of hydrogen-bond donors (Lipinski definition) is 0. The van der Waals surface area contributed by atoms with Gasteiger partial charge in [0.1, 0.15) is 0 Å². The first-order chi connectivity index (χ1) is 32.8. The summed E-state index contributed by atoms with van der Waals surface area (Å²) in [6.45, 7) is 0. The van der Waals surface area contributed by atoms with E-state index in [1.54, 1.807) is 0 Å². The van der Waals surface area contributed by atoms with Crippen LogP contribution in [0.3, 0.4) is 0 Å². The lowest BCUT2D eigenvalue weighted by Gasteiger charge is -2.34. The fraction of sp³-hybridized carbons (Fsp3) is 0.108. The van der Waals surface area contributed by atoms with Crippen LogP contribution in [0.5, 0.6) is 0 Å². The largest absolute Gasteiger partial charge is 0.309 e. The molecule has 316 valence electrons. The van der Waals surface area contributed by atoms with Gasteiger partial charge in [-0.05, 0) is 121 Å². The first kappa shape index (κ1) is 39.8. The molecule has 1 fully saturated rings. The maximum absolute atomic E-state index is 2.50. The monoisotopic (exact) mass is 845 g/mol. The van der Waals surface area contributed by atoms with Crippen LogP contribution in [0.25, 0.3) is 55.3 Å². The normalized spacial score (nSPS) is 14.1. The maximum atomic E-state index is 2.50. The lowest BCUT2D eigenvalue weighted by Crippen LogP contribution is -2.28. The molecule has 1 nitrogen and oxygen atoms in total. The van der Waals surface area contributed by atoms with E-state index >= 15 is 0 Å². The van der Waals surface area contributed by atoms with Gasteiger partial charge in [0, 0.05) is 16.8 Å². The van der Waals surface area contributed by atoms with E-state index in [4.69, 9.17) is 0 Å². The van der Waals surface area contributed by atoms with Crippen molar-refractivity contribution in [3.05, 3.63) is 270 Å². The third-order valence-corrected chi connectivity index (χ3v) is 14.6. The second-order valence-corrected chi connectivity index (χ2v) is 18.2. The number of hydrogen-bond acceptors (Lipinski definition) is 1. The number of rotatable bonds is 9. The fourth-order valence-corrected chi connectivity index (χ4v) is 11.6. The molecule has 0 amide bonds. The molecule has 0 saturated heterocycles. The van der Waals surface area contributed by atoms with Gasteiger partial charge in [-0.1, -0.05) is 232 Å². The molecule has 0 N–H and O–H groups in total. The van der Waals surface area contributed by atoms with E-state index in [0.29, 0.717) is 5.92 Å². The topological polar surface area (TPSA) is 3.24 Å². The molecule has 10 aromatic carbocycles. The van der Waals surface area contributed by atoms with Crippen LogP contribution in [0.1, 0.15) is 65.8 Å². The third kappa shape index (κ3) is 6.69. The highest BCUT2D eigenvalue weighted by Crippen LogP contribution is 2.57. The van der Waals surface area contributed by atoms with Gasteiger partial charge in [-0.2, -0.15) is 0 Å². The van der Waals surface area contributed by atoms with Crippen LogP contribution in [0.2, 0.25) is 0 Å². The highest BCUT2D eigenvalue weighted by Gasteiger charge is 2.46. The number of anilines is 3. The van der Waals surface area contributed by atoms with Crippen molar-refractivity contribution in [1.82, 2.24) is 0 Å². The van der Waals surface area contributed by atoms with Gasteiger partial charge in [-0.25, -0.2) is 0 Å². The molecule has 0 heterocycles. The molecule has 0 aromatic heterocycles. The van der Waals surface area contributed by atoms with Crippen molar-refractivity contribution in [2.24, 2.45) is 0 Å². The average molecular weight is 846 g/mol. The molecule has 0 bridgehead atoms. The summed E-state index contributed by atoms with van der Waals surface area (Å²) in [7, 11) is 0. The van der Waals surface area contributed by atoms with Gasteiger partial charge < -0.3 is 4.90 Å². The number of fused-ring (bicyclic) bond motifs is 4. The second-order valence-electron chi connectivity index (χ2n) is 18.2. The summed E-state index contributed by atoms with van der Waals surface area (Å²) >= 11 is 0. The summed E-state index contributed by atoms with van der Waals surface area (Å²) in [5.74, 6) is 0.581. The van der Waals surface area contributed by atoms with Gasteiger partial charge in [0.25, 0.3) is 0 Å². The molecule has 0 aliphatic heterocycles. The Bertz CT molecular complexity index is 3280.